The minimum atomic E-state index is -0.319. The van der Waals surface area contributed by atoms with Crippen molar-refractivity contribution in [2.45, 2.75) is 35.8 Å². The Hall–Kier alpha value is 2.48. The Bertz CT molecular complexity index is 811. The summed E-state index contributed by atoms with van der Waals surface area (Å²) in [6.07, 6.45) is 2.53. The summed E-state index contributed by atoms with van der Waals surface area (Å²) in [5, 5.41) is 4.02. The predicted molar refractivity (Wildman–Crippen MR) is 125 cm³/mol. The maximum absolute atomic E-state index is 12.5. The second-order valence-corrected chi connectivity index (χ2v) is 23.7. The molecule has 0 bridgehead atoms. The van der Waals surface area contributed by atoms with Crippen molar-refractivity contribution in [3.8, 4) is 0 Å². The van der Waals surface area contributed by atoms with E-state index in [1.54, 1.807) is 22.1 Å². The molecule has 6 aliphatic carbocycles. The van der Waals surface area contributed by atoms with Crippen molar-refractivity contribution in [2.75, 3.05) is 26.6 Å². The van der Waals surface area contributed by atoms with Crippen molar-refractivity contribution >= 4 is 22.6 Å². The van der Waals surface area contributed by atoms with Crippen LogP contribution in [0.2, 0.25) is 0 Å². The van der Waals surface area contributed by atoms with Crippen LogP contribution < -0.4 is 69.3 Å². The Morgan fingerprint density at radius 3 is 2.22 bits per heavy atom. The number of halogens is 4. The van der Waals surface area contributed by atoms with E-state index in [0.29, 0.717) is 75.5 Å². The van der Waals surface area contributed by atoms with Gasteiger partial charge in [-0.05, 0) is 0 Å². The van der Waals surface area contributed by atoms with E-state index < -0.39 is 0 Å². The molecule has 0 spiro atoms. The molecule has 0 amide bonds. The SMILES string of the molecule is C[C@H]1C[C@H]2[C@H]3[C@@H]1C[I-]CC[I-]CC[I-]CC1C4C1[C@@](C)(N=O)[C@@H]1C[C@](N)(I)[C@@H]2C2C1[C@H]4[C@@H]23. The average Bonchev–Trinajstić information content (AvgIpc) is 3.25. The number of hydrogen-bond acceptors (Lipinski definition) is 3. The molecule has 7 heteroatoms. The number of hydrogen-bond donors (Lipinski definition) is 1. The molecular formula is C25H37I4N2O-3. The number of nitrogens with zero attached hydrogens (tertiary/aromatic N) is 1. The Kier molecular flexibility index (Phi) is 6.07. The second-order valence-electron chi connectivity index (χ2n) is 12.4. The topological polar surface area (TPSA) is 55.5 Å². The summed E-state index contributed by atoms with van der Waals surface area (Å²) in [4.78, 5) is 12.5. The molecule has 1 aliphatic heterocycles. The minimum absolute atomic E-state index is 0.112. The third kappa shape index (κ3) is 3.06. The summed E-state index contributed by atoms with van der Waals surface area (Å²) in [5.74, 6) is 10.9. The van der Waals surface area contributed by atoms with E-state index in [2.05, 4.69) is 41.6 Å². The Balaban J connectivity index is 1.31. The van der Waals surface area contributed by atoms with Crippen molar-refractivity contribution in [1.82, 2.24) is 0 Å². The molecule has 6 saturated carbocycles. The van der Waals surface area contributed by atoms with E-state index in [-0.39, 0.29) is 9.08 Å². The van der Waals surface area contributed by atoms with Crippen LogP contribution in [0.1, 0.15) is 26.7 Å². The number of alkyl halides is 7. The van der Waals surface area contributed by atoms with Gasteiger partial charge < -0.3 is 0 Å². The Morgan fingerprint density at radius 1 is 0.844 bits per heavy atom. The van der Waals surface area contributed by atoms with Crippen LogP contribution in [-0.2, 0) is 0 Å². The van der Waals surface area contributed by atoms with E-state index in [1.165, 1.54) is 10.8 Å². The first-order valence-electron chi connectivity index (χ1n) is 12.8. The third-order valence-corrected chi connectivity index (χ3v) is 25.3. The van der Waals surface area contributed by atoms with Crippen LogP contribution in [-0.4, -0.2) is 35.6 Å². The predicted octanol–water partition coefficient (Wildman–Crippen LogP) is -5.23. The molecule has 7 fully saturated rings. The van der Waals surface area contributed by atoms with E-state index in [9.17, 15) is 4.91 Å². The molecule has 3 nitrogen and oxygen atoms in total. The van der Waals surface area contributed by atoms with Gasteiger partial charge in [0.1, 0.15) is 0 Å². The van der Waals surface area contributed by atoms with E-state index in [1.807, 2.05) is 0 Å². The molecule has 0 aromatic heterocycles. The summed E-state index contributed by atoms with van der Waals surface area (Å²) in [5.41, 5.74) is 6.95. The van der Waals surface area contributed by atoms with Crippen LogP contribution in [0.5, 0.6) is 0 Å². The van der Waals surface area contributed by atoms with Crippen LogP contribution in [0.3, 0.4) is 0 Å². The zero-order valence-electron chi connectivity index (χ0n) is 19.1. The van der Waals surface area contributed by atoms with Crippen molar-refractivity contribution in [3.63, 3.8) is 0 Å². The third-order valence-electron chi connectivity index (χ3n) is 11.6. The number of rotatable bonds is 1. The quantitative estimate of drug-likeness (QED) is 0.124. The fourth-order valence-corrected chi connectivity index (χ4v) is 26.5. The molecule has 5 unspecified atom stereocenters. The van der Waals surface area contributed by atoms with Crippen molar-refractivity contribution in [3.05, 3.63) is 4.91 Å². The molecule has 0 aromatic rings. The fourth-order valence-electron chi connectivity index (χ4n) is 10.8. The molecule has 15 atom stereocenters. The number of nitrogens with two attached hydrogens (primary N) is 1. The Morgan fingerprint density at radius 2 is 1.50 bits per heavy atom. The normalized spacial score (nSPS) is 65.6. The summed E-state index contributed by atoms with van der Waals surface area (Å²) < 4.78 is 9.41. The molecule has 2 N–H and O–H groups in total. The Labute approximate surface area is 238 Å². The van der Waals surface area contributed by atoms with Gasteiger partial charge in [0.25, 0.3) is 0 Å². The number of fused-ring (bicyclic) bond motifs is 2. The van der Waals surface area contributed by atoms with Gasteiger partial charge in [-0.15, -0.1) is 0 Å². The number of nitroso groups, excluding NO2 is 1. The van der Waals surface area contributed by atoms with Crippen LogP contribution >= 0.6 is 22.6 Å². The van der Waals surface area contributed by atoms with E-state index >= 15 is 0 Å². The van der Waals surface area contributed by atoms with Gasteiger partial charge in [-0.2, -0.15) is 0 Å². The zero-order valence-corrected chi connectivity index (χ0v) is 27.7. The van der Waals surface area contributed by atoms with Gasteiger partial charge in [0.05, 0.1) is 0 Å². The summed E-state index contributed by atoms with van der Waals surface area (Å²) in [6, 6.07) is 0. The molecule has 0 aromatic carbocycles. The van der Waals surface area contributed by atoms with Gasteiger partial charge in [-0.25, -0.2) is 0 Å². The van der Waals surface area contributed by atoms with Gasteiger partial charge in [0, 0.05) is 0 Å². The fraction of sp³-hybridized carbons (Fsp3) is 1.00. The van der Waals surface area contributed by atoms with Crippen molar-refractivity contribution in [2.24, 2.45) is 87.8 Å². The van der Waals surface area contributed by atoms with Gasteiger partial charge >= 0.3 is 241 Å². The van der Waals surface area contributed by atoms with Gasteiger partial charge in [-0.1, -0.05) is 0 Å². The van der Waals surface area contributed by atoms with Crippen LogP contribution in [0.15, 0.2) is 5.18 Å². The summed E-state index contributed by atoms with van der Waals surface area (Å²) >= 11 is 3.91. The first kappa shape index (κ1) is 23.6. The van der Waals surface area contributed by atoms with Crippen LogP contribution in [0.25, 0.3) is 0 Å². The molecule has 0 radical (unpaired) electrons. The standard InChI is InChI=1S/C25H37I4N2O/c1-11-7-12-16-13(11)9-28-5-3-27-4-6-29-10-14-17-20-18-15(24(2,31-32)22(14)17)8-25(26,30)23(12)21(18)19(16)20/h11-23H,3-10,30H2,1-2H3/q-3/t11-,12-,13+,14?,15+,16-,17?,18?,19-,20-,21?,22?,23-,24-,25+/m0/s1. The van der Waals surface area contributed by atoms with Crippen LogP contribution in [0, 0.1) is 81.8 Å². The summed E-state index contributed by atoms with van der Waals surface area (Å²) in [6.45, 7) is 4.89. The van der Waals surface area contributed by atoms with Gasteiger partial charge in [-0.3, -0.25) is 0 Å². The molecular weight excluding hydrogens is 852 g/mol. The molecule has 1 saturated heterocycles. The van der Waals surface area contributed by atoms with Crippen molar-refractivity contribution < 1.29 is 63.6 Å². The molecule has 32 heavy (non-hydrogen) atoms. The first-order valence-corrected chi connectivity index (χ1v) is 23.1. The van der Waals surface area contributed by atoms with Crippen molar-refractivity contribution in [1.29, 1.82) is 0 Å². The molecule has 1 heterocycles. The summed E-state index contributed by atoms with van der Waals surface area (Å²) in [7, 11) is 0. The zero-order chi connectivity index (χ0) is 22.0. The molecule has 184 valence electrons. The van der Waals surface area contributed by atoms with Gasteiger partial charge in [0.15, 0.2) is 0 Å². The molecule has 7 aliphatic rings. The second kappa shape index (κ2) is 8.24. The maximum atomic E-state index is 12.5. The van der Waals surface area contributed by atoms with Crippen LogP contribution in [0.4, 0.5) is 0 Å². The van der Waals surface area contributed by atoms with Gasteiger partial charge in [0.2, 0.25) is 0 Å². The van der Waals surface area contributed by atoms with E-state index in [0.717, 1.165) is 71.5 Å². The molecule has 7 rings (SSSR count). The van der Waals surface area contributed by atoms with E-state index in [4.69, 9.17) is 5.73 Å². The first-order chi connectivity index (χ1) is 15.4. The monoisotopic (exact) mass is 889 g/mol. The average molecular weight is 889 g/mol.